The SMILES string of the molecule is O=S(=O)(N1CCCCC1)N1CCN(Cc2ccncc2)CC1. The molecule has 0 aromatic carbocycles. The number of piperidine rings is 1. The predicted molar refractivity (Wildman–Crippen MR) is 85.4 cm³/mol. The molecule has 1 aromatic heterocycles. The summed E-state index contributed by atoms with van der Waals surface area (Å²) in [6.45, 7) is 4.97. The summed E-state index contributed by atoms with van der Waals surface area (Å²) < 4.78 is 28.6. The molecule has 6 nitrogen and oxygen atoms in total. The van der Waals surface area contributed by atoms with Crippen molar-refractivity contribution < 1.29 is 8.42 Å². The van der Waals surface area contributed by atoms with Crippen molar-refractivity contribution >= 4 is 10.2 Å². The van der Waals surface area contributed by atoms with Crippen LogP contribution in [0.15, 0.2) is 24.5 Å². The van der Waals surface area contributed by atoms with Gasteiger partial charge in [0.2, 0.25) is 0 Å². The maximum atomic E-state index is 12.6. The second kappa shape index (κ2) is 7.04. The second-order valence-electron chi connectivity index (χ2n) is 6.00. The third kappa shape index (κ3) is 3.65. The molecule has 2 aliphatic heterocycles. The Labute approximate surface area is 132 Å². The molecular weight excluding hydrogens is 300 g/mol. The molecule has 0 spiro atoms. The van der Waals surface area contributed by atoms with Crippen LogP contribution in [-0.4, -0.2) is 66.2 Å². The highest BCUT2D eigenvalue weighted by atomic mass is 32.2. The molecule has 0 atom stereocenters. The molecule has 2 saturated heterocycles. The molecule has 0 radical (unpaired) electrons. The van der Waals surface area contributed by atoms with E-state index in [1.807, 2.05) is 12.1 Å². The van der Waals surface area contributed by atoms with Gasteiger partial charge < -0.3 is 0 Å². The Hall–Kier alpha value is -1.02. The van der Waals surface area contributed by atoms with Crippen molar-refractivity contribution in [2.24, 2.45) is 0 Å². The van der Waals surface area contributed by atoms with Gasteiger partial charge in [-0.05, 0) is 30.5 Å². The molecule has 3 rings (SSSR count). The molecule has 0 N–H and O–H groups in total. The molecule has 2 fully saturated rings. The van der Waals surface area contributed by atoms with E-state index in [-0.39, 0.29) is 0 Å². The number of hydrogen-bond donors (Lipinski definition) is 0. The Morgan fingerprint density at radius 3 is 2.09 bits per heavy atom. The quantitative estimate of drug-likeness (QED) is 0.827. The highest BCUT2D eigenvalue weighted by molar-refractivity contribution is 7.86. The van der Waals surface area contributed by atoms with Crippen molar-refractivity contribution in [1.82, 2.24) is 18.5 Å². The summed E-state index contributed by atoms with van der Waals surface area (Å²) in [5.74, 6) is 0. The van der Waals surface area contributed by atoms with Crippen molar-refractivity contribution in [1.29, 1.82) is 0 Å². The van der Waals surface area contributed by atoms with Gasteiger partial charge in [-0.1, -0.05) is 6.42 Å². The predicted octanol–water partition coefficient (Wildman–Crippen LogP) is 0.930. The number of pyridine rings is 1. The van der Waals surface area contributed by atoms with Crippen LogP contribution in [0, 0.1) is 0 Å². The van der Waals surface area contributed by atoms with Gasteiger partial charge in [0.15, 0.2) is 0 Å². The molecule has 7 heteroatoms. The summed E-state index contributed by atoms with van der Waals surface area (Å²) in [5, 5.41) is 0. The molecule has 0 bridgehead atoms. The topological polar surface area (TPSA) is 56.8 Å². The Balaban J connectivity index is 1.54. The van der Waals surface area contributed by atoms with Crippen molar-refractivity contribution in [2.75, 3.05) is 39.3 Å². The van der Waals surface area contributed by atoms with Crippen LogP contribution in [0.5, 0.6) is 0 Å². The van der Waals surface area contributed by atoms with Gasteiger partial charge in [0.1, 0.15) is 0 Å². The van der Waals surface area contributed by atoms with Crippen molar-refractivity contribution in [3.8, 4) is 0 Å². The summed E-state index contributed by atoms with van der Waals surface area (Å²) in [4.78, 5) is 6.33. The van der Waals surface area contributed by atoms with Gasteiger partial charge in [0.05, 0.1) is 0 Å². The van der Waals surface area contributed by atoms with E-state index in [2.05, 4.69) is 9.88 Å². The number of hydrogen-bond acceptors (Lipinski definition) is 4. The van der Waals surface area contributed by atoms with Crippen molar-refractivity contribution in [3.05, 3.63) is 30.1 Å². The maximum Gasteiger partial charge on any atom is 0.282 e. The van der Waals surface area contributed by atoms with Crippen LogP contribution in [0.1, 0.15) is 24.8 Å². The molecule has 2 aliphatic rings. The van der Waals surface area contributed by atoms with Gasteiger partial charge in [-0.25, -0.2) is 0 Å². The van der Waals surface area contributed by atoms with E-state index in [9.17, 15) is 8.42 Å². The van der Waals surface area contributed by atoms with Gasteiger partial charge in [-0.2, -0.15) is 17.0 Å². The fourth-order valence-corrected chi connectivity index (χ4v) is 4.79. The summed E-state index contributed by atoms with van der Waals surface area (Å²) >= 11 is 0. The fourth-order valence-electron chi connectivity index (χ4n) is 3.12. The van der Waals surface area contributed by atoms with Gasteiger partial charge in [0.25, 0.3) is 10.2 Å². The zero-order valence-electron chi connectivity index (χ0n) is 12.9. The van der Waals surface area contributed by atoms with Crippen LogP contribution in [0.4, 0.5) is 0 Å². The molecule has 0 aliphatic carbocycles. The first-order valence-electron chi connectivity index (χ1n) is 8.03. The minimum atomic E-state index is -3.25. The van der Waals surface area contributed by atoms with E-state index in [0.29, 0.717) is 26.2 Å². The Bertz CT molecular complexity index is 564. The highest BCUT2D eigenvalue weighted by Crippen LogP contribution is 2.18. The minimum absolute atomic E-state index is 0.587. The van der Waals surface area contributed by atoms with E-state index < -0.39 is 10.2 Å². The molecule has 0 saturated carbocycles. The van der Waals surface area contributed by atoms with Crippen molar-refractivity contribution in [3.63, 3.8) is 0 Å². The number of aromatic nitrogens is 1. The third-order valence-electron chi connectivity index (χ3n) is 4.45. The Morgan fingerprint density at radius 1 is 0.864 bits per heavy atom. The summed E-state index contributed by atoms with van der Waals surface area (Å²) in [5.41, 5.74) is 1.22. The van der Waals surface area contributed by atoms with Gasteiger partial charge >= 0.3 is 0 Å². The molecule has 0 amide bonds. The summed E-state index contributed by atoms with van der Waals surface area (Å²) in [7, 11) is -3.25. The molecule has 1 aromatic rings. The van der Waals surface area contributed by atoms with Crippen LogP contribution < -0.4 is 0 Å². The molecule has 3 heterocycles. The maximum absolute atomic E-state index is 12.6. The molecule has 22 heavy (non-hydrogen) atoms. The van der Waals surface area contributed by atoms with E-state index in [1.54, 1.807) is 21.0 Å². The lowest BCUT2D eigenvalue weighted by molar-refractivity contribution is 0.173. The van der Waals surface area contributed by atoms with Gasteiger partial charge in [-0.3, -0.25) is 9.88 Å². The summed E-state index contributed by atoms with van der Waals surface area (Å²) in [6.07, 6.45) is 6.72. The number of piperazine rings is 1. The smallest absolute Gasteiger partial charge is 0.282 e. The third-order valence-corrected chi connectivity index (χ3v) is 6.49. The standard InChI is InChI=1S/C15H24N4O2S/c20-22(21,18-8-2-1-3-9-18)19-12-10-17(11-13-19)14-15-4-6-16-7-5-15/h4-7H,1-3,8-14H2. The van der Waals surface area contributed by atoms with Crippen LogP contribution in [0.25, 0.3) is 0 Å². The minimum Gasteiger partial charge on any atom is -0.296 e. The van der Waals surface area contributed by atoms with E-state index in [1.165, 1.54) is 5.56 Å². The zero-order valence-corrected chi connectivity index (χ0v) is 13.7. The Kier molecular flexibility index (Phi) is 5.07. The second-order valence-corrected chi connectivity index (χ2v) is 7.93. The first kappa shape index (κ1) is 15.9. The lowest BCUT2D eigenvalue weighted by Crippen LogP contribution is -2.53. The molecular formula is C15H24N4O2S. The first-order chi connectivity index (χ1) is 10.7. The molecule has 122 valence electrons. The van der Waals surface area contributed by atoms with E-state index in [4.69, 9.17) is 0 Å². The average molecular weight is 324 g/mol. The molecule has 0 unspecified atom stereocenters. The van der Waals surface area contributed by atoms with Gasteiger partial charge in [0, 0.05) is 58.2 Å². The normalized spacial score (nSPS) is 22.7. The lowest BCUT2D eigenvalue weighted by atomic mass is 10.2. The van der Waals surface area contributed by atoms with E-state index >= 15 is 0 Å². The van der Waals surface area contributed by atoms with Crippen LogP contribution in [0.2, 0.25) is 0 Å². The van der Waals surface area contributed by atoms with Crippen LogP contribution >= 0.6 is 0 Å². The average Bonchev–Trinajstić information content (AvgIpc) is 2.57. The number of rotatable bonds is 4. The van der Waals surface area contributed by atoms with Crippen LogP contribution in [-0.2, 0) is 16.8 Å². The van der Waals surface area contributed by atoms with Crippen molar-refractivity contribution in [2.45, 2.75) is 25.8 Å². The lowest BCUT2D eigenvalue weighted by Gasteiger charge is -2.37. The first-order valence-corrected chi connectivity index (χ1v) is 9.42. The Morgan fingerprint density at radius 2 is 1.45 bits per heavy atom. The number of nitrogens with zero attached hydrogens (tertiary/aromatic N) is 4. The zero-order chi connectivity index (χ0) is 15.4. The van der Waals surface area contributed by atoms with Gasteiger partial charge in [-0.15, -0.1) is 0 Å². The monoisotopic (exact) mass is 324 g/mol. The summed E-state index contributed by atoms with van der Waals surface area (Å²) in [6, 6.07) is 4.02. The fraction of sp³-hybridized carbons (Fsp3) is 0.667. The van der Waals surface area contributed by atoms with E-state index in [0.717, 1.165) is 38.9 Å². The highest BCUT2D eigenvalue weighted by Gasteiger charge is 2.32. The van der Waals surface area contributed by atoms with Crippen LogP contribution in [0.3, 0.4) is 0 Å². The largest absolute Gasteiger partial charge is 0.296 e.